The van der Waals surface area contributed by atoms with E-state index < -0.39 is 16.9 Å². The number of nitrogens with zero attached hydrogens (tertiary/aromatic N) is 3. The minimum Gasteiger partial charge on any atom is -0.480 e. The van der Waals surface area contributed by atoms with Crippen LogP contribution in [0.15, 0.2) is 12.1 Å². The molecule has 1 unspecified atom stereocenters. The van der Waals surface area contributed by atoms with E-state index in [0.29, 0.717) is 4.88 Å². The second-order valence-corrected chi connectivity index (χ2v) is 4.37. The molecular formula is C9H9N3O4S. The van der Waals surface area contributed by atoms with Crippen molar-refractivity contribution in [3.8, 4) is 6.07 Å². The summed E-state index contributed by atoms with van der Waals surface area (Å²) in [5, 5.41) is 28.0. The Bertz CT molecular complexity index is 479. The van der Waals surface area contributed by atoms with E-state index in [-0.39, 0.29) is 11.5 Å². The summed E-state index contributed by atoms with van der Waals surface area (Å²) in [7, 11) is 1.48. The highest BCUT2D eigenvalue weighted by atomic mass is 32.1. The summed E-state index contributed by atoms with van der Waals surface area (Å²) in [4.78, 5) is 22.3. The van der Waals surface area contributed by atoms with Crippen molar-refractivity contribution in [3.63, 3.8) is 0 Å². The third-order valence-electron chi connectivity index (χ3n) is 2.01. The molecule has 1 heterocycles. The van der Waals surface area contributed by atoms with Crippen LogP contribution in [0.1, 0.15) is 10.9 Å². The van der Waals surface area contributed by atoms with Gasteiger partial charge in [-0.1, -0.05) is 11.3 Å². The maximum Gasteiger partial charge on any atom is 0.324 e. The number of thiophene rings is 1. The molecule has 0 aromatic carbocycles. The Kier molecular flexibility index (Phi) is 4.14. The van der Waals surface area contributed by atoms with E-state index in [1.807, 2.05) is 6.07 Å². The fourth-order valence-electron chi connectivity index (χ4n) is 1.27. The summed E-state index contributed by atoms with van der Waals surface area (Å²) >= 11 is 0.873. The fraction of sp³-hybridized carbons (Fsp3) is 0.333. The minimum absolute atomic E-state index is 0.0658. The van der Waals surface area contributed by atoms with Crippen molar-refractivity contribution in [2.45, 2.75) is 6.04 Å². The van der Waals surface area contributed by atoms with Gasteiger partial charge in [0.25, 0.3) is 0 Å². The number of carbonyl (C=O) groups is 1. The van der Waals surface area contributed by atoms with E-state index in [9.17, 15) is 14.9 Å². The normalized spacial score (nSPS) is 12.1. The Morgan fingerprint density at radius 1 is 1.76 bits per heavy atom. The number of carboxylic acid groups (broad SMARTS) is 1. The number of carboxylic acids is 1. The van der Waals surface area contributed by atoms with Crippen molar-refractivity contribution >= 4 is 22.3 Å². The van der Waals surface area contributed by atoms with Gasteiger partial charge in [0.1, 0.15) is 6.04 Å². The number of aliphatic carboxylic acids is 1. The van der Waals surface area contributed by atoms with Crippen LogP contribution in [0.3, 0.4) is 0 Å². The van der Waals surface area contributed by atoms with Crippen LogP contribution in [0, 0.1) is 21.4 Å². The molecule has 0 aliphatic heterocycles. The molecule has 0 aliphatic rings. The van der Waals surface area contributed by atoms with E-state index in [1.54, 1.807) is 0 Å². The second kappa shape index (κ2) is 5.38. The summed E-state index contributed by atoms with van der Waals surface area (Å²) in [5.74, 6) is -1.06. The summed E-state index contributed by atoms with van der Waals surface area (Å²) in [5.41, 5.74) is 0. The molecule has 0 saturated heterocycles. The first-order valence-electron chi connectivity index (χ1n) is 4.51. The predicted octanol–water partition coefficient (Wildman–Crippen LogP) is 1.24. The average molecular weight is 255 g/mol. The standard InChI is InChI=1S/C9H9N3O4S/c1-11(5-9(13)14)6(4-10)7-2-3-8(17-7)12(15)16/h2-3,6H,5H2,1H3,(H,13,14). The molecule has 0 spiro atoms. The predicted molar refractivity (Wildman–Crippen MR) is 59.6 cm³/mol. The van der Waals surface area contributed by atoms with E-state index >= 15 is 0 Å². The molecule has 90 valence electrons. The van der Waals surface area contributed by atoms with E-state index in [1.165, 1.54) is 24.1 Å². The molecule has 1 aromatic rings. The van der Waals surface area contributed by atoms with Crippen molar-refractivity contribution < 1.29 is 14.8 Å². The Labute approximate surface area is 101 Å². The van der Waals surface area contributed by atoms with Crippen LogP contribution >= 0.6 is 11.3 Å². The van der Waals surface area contributed by atoms with Gasteiger partial charge in [0, 0.05) is 10.9 Å². The summed E-state index contributed by atoms with van der Waals surface area (Å²) in [6.07, 6.45) is 0. The summed E-state index contributed by atoms with van der Waals surface area (Å²) in [6, 6.07) is 3.91. The Hall–Kier alpha value is -1.98. The highest BCUT2D eigenvalue weighted by Gasteiger charge is 2.22. The van der Waals surface area contributed by atoms with Crippen molar-refractivity contribution in [2.24, 2.45) is 0 Å². The number of nitriles is 1. The third-order valence-corrected chi connectivity index (χ3v) is 3.10. The Balaban J connectivity index is 2.90. The molecule has 0 saturated carbocycles. The van der Waals surface area contributed by atoms with Crippen LogP contribution in [-0.4, -0.2) is 34.5 Å². The van der Waals surface area contributed by atoms with Gasteiger partial charge in [-0.15, -0.1) is 0 Å². The lowest BCUT2D eigenvalue weighted by molar-refractivity contribution is -0.380. The number of likely N-dealkylation sites (N-methyl/N-ethyl adjacent to an activating group) is 1. The molecule has 1 rings (SSSR count). The largest absolute Gasteiger partial charge is 0.480 e. The average Bonchev–Trinajstić information content (AvgIpc) is 2.66. The highest BCUT2D eigenvalue weighted by Crippen LogP contribution is 2.30. The van der Waals surface area contributed by atoms with E-state index in [4.69, 9.17) is 10.4 Å². The van der Waals surface area contributed by atoms with Crippen molar-refractivity contribution in [1.82, 2.24) is 4.90 Å². The van der Waals surface area contributed by atoms with Gasteiger partial charge >= 0.3 is 11.0 Å². The monoisotopic (exact) mass is 255 g/mol. The van der Waals surface area contributed by atoms with Crippen molar-refractivity contribution in [3.05, 3.63) is 27.1 Å². The molecule has 0 fully saturated rings. The minimum atomic E-state index is -1.06. The first kappa shape index (κ1) is 13.1. The molecule has 8 heteroatoms. The van der Waals surface area contributed by atoms with Gasteiger partial charge < -0.3 is 5.11 Å². The topological polar surface area (TPSA) is 107 Å². The van der Waals surface area contributed by atoms with Gasteiger partial charge in [0.05, 0.1) is 17.5 Å². The van der Waals surface area contributed by atoms with Gasteiger partial charge in [-0.3, -0.25) is 19.8 Å². The zero-order chi connectivity index (χ0) is 13.0. The zero-order valence-corrected chi connectivity index (χ0v) is 9.68. The number of hydrogen-bond acceptors (Lipinski definition) is 6. The van der Waals surface area contributed by atoms with Crippen LogP contribution < -0.4 is 0 Å². The highest BCUT2D eigenvalue weighted by molar-refractivity contribution is 7.15. The SMILES string of the molecule is CN(CC(=O)O)C(C#N)c1ccc([N+](=O)[O-])s1. The van der Waals surface area contributed by atoms with Crippen LogP contribution in [0.25, 0.3) is 0 Å². The van der Waals surface area contributed by atoms with Crippen LogP contribution in [0.5, 0.6) is 0 Å². The fourth-order valence-corrected chi connectivity index (χ4v) is 2.20. The lowest BCUT2D eigenvalue weighted by atomic mass is 10.2. The lowest BCUT2D eigenvalue weighted by Crippen LogP contribution is -2.28. The van der Waals surface area contributed by atoms with Gasteiger partial charge in [-0.2, -0.15) is 5.26 Å². The summed E-state index contributed by atoms with van der Waals surface area (Å²) in [6.45, 7) is -0.302. The summed E-state index contributed by atoms with van der Waals surface area (Å²) < 4.78 is 0. The van der Waals surface area contributed by atoms with E-state index in [2.05, 4.69) is 0 Å². The third kappa shape index (κ3) is 3.24. The molecule has 0 aliphatic carbocycles. The molecule has 0 amide bonds. The second-order valence-electron chi connectivity index (χ2n) is 3.27. The first-order valence-corrected chi connectivity index (χ1v) is 5.33. The van der Waals surface area contributed by atoms with Gasteiger partial charge in [-0.05, 0) is 13.1 Å². The maximum atomic E-state index is 10.5. The molecule has 0 bridgehead atoms. The Morgan fingerprint density at radius 3 is 2.82 bits per heavy atom. The molecule has 1 atom stereocenters. The van der Waals surface area contributed by atoms with E-state index in [0.717, 1.165) is 11.3 Å². The van der Waals surface area contributed by atoms with Crippen molar-refractivity contribution in [2.75, 3.05) is 13.6 Å². The maximum absolute atomic E-state index is 10.5. The quantitative estimate of drug-likeness (QED) is 0.626. The van der Waals surface area contributed by atoms with Gasteiger partial charge in [0.15, 0.2) is 0 Å². The van der Waals surface area contributed by atoms with Crippen LogP contribution in [-0.2, 0) is 4.79 Å². The molecule has 7 nitrogen and oxygen atoms in total. The Morgan fingerprint density at radius 2 is 2.41 bits per heavy atom. The smallest absolute Gasteiger partial charge is 0.324 e. The molecule has 1 N–H and O–H groups in total. The molecule has 1 aromatic heterocycles. The number of hydrogen-bond donors (Lipinski definition) is 1. The molecular weight excluding hydrogens is 246 g/mol. The number of nitro groups is 1. The van der Waals surface area contributed by atoms with Crippen LogP contribution in [0.2, 0.25) is 0 Å². The van der Waals surface area contributed by atoms with Crippen molar-refractivity contribution in [1.29, 1.82) is 5.26 Å². The molecule has 17 heavy (non-hydrogen) atoms. The van der Waals surface area contributed by atoms with Gasteiger partial charge in [0.2, 0.25) is 0 Å². The zero-order valence-electron chi connectivity index (χ0n) is 8.86. The van der Waals surface area contributed by atoms with Gasteiger partial charge in [-0.25, -0.2) is 0 Å². The molecule has 0 radical (unpaired) electrons. The first-order chi connectivity index (χ1) is 7.95. The lowest BCUT2D eigenvalue weighted by Gasteiger charge is -2.18. The number of rotatable bonds is 5. The van der Waals surface area contributed by atoms with Crippen LogP contribution in [0.4, 0.5) is 5.00 Å².